The summed E-state index contributed by atoms with van der Waals surface area (Å²) in [6, 6.07) is 31.1. The first kappa shape index (κ1) is 19.9. The fourth-order valence-corrected chi connectivity index (χ4v) is 4.20. The number of aromatic nitrogens is 1. The van der Waals surface area contributed by atoms with Crippen molar-refractivity contribution in [3.05, 3.63) is 108 Å². The molecule has 4 nitrogen and oxygen atoms in total. The summed E-state index contributed by atoms with van der Waals surface area (Å²) in [5.41, 5.74) is 10.4. The first-order valence-corrected chi connectivity index (χ1v) is 10.7. The molecule has 157 valence electrons. The number of amides is 1. The molecule has 0 aliphatic carbocycles. The van der Waals surface area contributed by atoms with Crippen LogP contribution in [0.4, 0.5) is 0 Å². The summed E-state index contributed by atoms with van der Waals surface area (Å²) in [5.74, 6) is 1.16. The van der Waals surface area contributed by atoms with E-state index in [1.807, 2.05) is 66.7 Å². The quantitative estimate of drug-likeness (QED) is 0.362. The topological polar surface area (TPSA) is 57.2 Å². The van der Waals surface area contributed by atoms with E-state index in [1.165, 1.54) is 5.56 Å². The van der Waals surface area contributed by atoms with Crippen molar-refractivity contribution in [2.45, 2.75) is 19.9 Å². The fraction of sp³-hybridized carbons (Fsp3) is 0.107. The number of nitrogens with two attached hydrogens (primary N) is 1. The molecule has 0 saturated heterocycles. The number of para-hydroxylation sites is 2. The Balaban J connectivity index is 1.70. The van der Waals surface area contributed by atoms with Gasteiger partial charge in [-0.1, -0.05) is 55.5 Å². The van der Waals surface area contributed by atoms with Crippen molar-refractivity contribution in [1.29, 1.82) is 0 Å². The van der Waals surface area contributed by atoms with Crippen molar-refractivity contribution >= 4 is 27.7 Å². The highest BCUT2D eigenvalue weighted by Crippen LogP contribution is 2.34. The molecular formula is C28H23N2O2. The van der Waals surface area contributed by atoms with Crippen LogP contribution < -0.4 is 10.5 Å². The van der Waals surface area contributed by atoms with Crippen molar-refractivity contribution in [3.63, 3.8) is 0 Å². The van der Waals surface area contributed by atoms with Crippen LogP contribution in [0.1, 0.15) is 28.4 Å². The predicted molar refractivity (Wildman–Crippen MR) is 128 cm³/mol. The maximum atomic E-state index is 12.2. The molecule has 0 fully saturated rings. The van der Waals surface area contributed by atoms with Gasteiger partial charge >= 0.3 is 0 Å². The Bertz CT molecular complexity index is 1430. The van der Waals surface area contributed by atoms with Gasteiger partial charge in [0.25, 0.3) is 0 Å². The van der Waals surface area contributed by atoms with Crippen LogP contribution in [-0.4, -0.2) is 10.5 Å². The summed E-state index contributed by atoms with van der Waals surface area (Å²) in [6.07, 6.45) is 0.907. The van der Waals surface area contributed by atoms with Gasteiger partial charge in [0, 0.05) is 21.9 Å². The highest BCUT2D eigenvalue weighted by molar-refractivity contribution is 6.17. The van der Waals surface area contributed by atoms with Crippen LogP contribution in [-0.2, 0) is 13.0 Å². The van der Waals surface area contributed by atoms with E-state index in [0.29, 0.717) is 12.1 Å². The summed E-state index contributed by atoms with van der Waals surface area (Å²) in [6.45, 7) is 2.71. The summed E-state index contributed by atoms with van der Waals surface area (Å²) in [7, 11) is 0. The van der Waals surface area contributed by atoms with E-state index in [4.69, 9.17) is 10.5 Å². The Morgan fingerprint density at radius 2 is 1.75 bits per heavy atom. The van der Waals surface area contributed by atoms with Gasteiger partial charge in [0.1, 0.15) is 11.5 Å². The van der Waals surface area contributed by atoms with Crippen molar-refractivity contribution < 1.29 is 9.53 Å². The van der Waals surface area contributed by atoms with Gasteiger partial charge in [-0.25, -0.2) is 0 Å². The number of rotatable bonds is 6. The Morgan fingerprint density at radius 3 is 2.53 bits per heavy atom. The zero-order chi connectivity index (χ0) is 22.1. The predicted octanol–water partition coefficient (Wildman–Crippen LogP) is 6.10. The minimum atomic E-state index is -0.435. The molecule has 1 radical (unpaired) electrons. The number of carbonyl (C=O) groups excluding carboxylic acids is 1. The van der Waals surface area contributed by atoms with E-state index in [1.54, 1.807) is 6.07 Å². The lowest BCUT2D eigenvalue weighted by Gasteiger charge is -2.14. The van der Waals surface area contributed by atoms with Crippen molar-refractivity contribution in [3.8, 4) is 11.5 Å². The average Bonchev–Trinajstić information content (AvgIpc) is 3.13. The van der Waals surface area contributed by atoms with Gasteiger partial charge in [-0.2, -0.15) is 0 Å². The third-order valence-corrected chi connectivity index (χ3v) is 5.80. The van der Waals surface area contributed by atoms with E-state index >= 15 is 0 Å². The van der Waals surface area contributed by atoms with E-state index in [9.17, 15) is 4.79 Å². The van der Waals surface area contributed by atoms with Crippen LogP contribution in [0.2, 0.25) is 0 Å². The smallest absolute Gasteiger partial charge is 0.249 e. The molecule has 0 atom stereocenters. The molecule has 0 aliphatic rings. The molecule has 4 heteroatoms. The standard InChI is InChI=1S/C28H23N2O2/c1-2-19-15-16-22-25(17-19)30(24-13-8-12-23(27(22)24)28(29)31)18-20-9-6-7-14-26(20)32-21-10-4-3-5-11-21/h3-15,17H,2,18H2,1H3,(H2,29,31). The zero-order valence-electron chi connectivity index (χ0n) is 17.8. The lowest BCUT2D eigenvalue weighted by Crippen LogP contribution is -2.11. The molecule has 0 saturated carbocycles. The van der Waals surface area contributed by atoms with E-state index in [-0.39, 0.29) is 0 Å². The zero-order valence-corrected chi connectivity index (χ0v) is 17.8. The first-order chi connectivity index (χ1) is 15.7. The van der Waals surface area contributed by atoms with Crippen LogP contribution >= 0.6 is 0 Å². The number of benzene rings is 4. The fourth-order valence-electron chi connectivity index (χ4n) is 4.20. The van der Waals surface area contributed by atoms with Crippen molar-refractivity contribution in [1.82, 2.24) is 4.57 Å². The number of fused-ring (bicyclic) bond motifs is 3. The SMILES string of the molecule is CCc1c[c]c2c3c(C(N)=O)cccc3n(Cc3ccccc3Oc3ccccc3)c2c1. The average molecular weight is 420 g/mol. The lowest BCUT2D eigenvalue weighted by molar-refractivity contribution is 0.100. The van der Waals surface area contributed by atoms with Crippen LogP contribution in [0.5, 0.6) is 11.5 Å². The number of hydrogen-bond acceptors (Lipinski definition) is 2. The highest BCUT2D eigenvalue weighted by Gasteiger charge is 2.18. The number of nitrogens with zero attached hydrogens (tertiary/aromatic N) is 1. The molecule has 2 N–H and O–H groups in total. The molecule has 1 heterocycles. The van der Waals surface area contributed by atoms with Gasteiger partial charge in [-0.05, 0) is 54.4 Å². The van der Waals surface area contributed by atoms with Gasteiger partial charge in [-0.15, -0.1) is 0 Å². The Labute approximate surface area is 186 Å². The summed E-state index contributed by atoms with van der Waals surface area (Å²) < 4.78 is 8.42. The van der Waals surface area contributed by atoms with Gasteiger partial charge in [0.15, 0.2) is 0 Å². The van der Waals surface area contributed by atoms with Gasteiger partial charge < -0.3 is 15.0 Å². The van der Waals surface area contributed by atoms with Crippen LogP contribution in [0.15, 0.2) is 84.9 Å². The second-order valence-electron chi connectivity index (χ2n) is 7.79. The van der Waals surface area contributed by atoms with Gasteiger partial charge in [-0.3, -0.25) is 4.79 Å². The van der Waals surface area contributed by atoms with E-state index < -0.39 is 5.91 Å². The molecular weight excluding hydrogens is 396 g/mol. The van der Waals surface area contributed by atoms with Gasteiger partial charge in [0.2, 0.25) is 5.91 Å². The summed E-state index contributed by atoms with van der Waals surface area (Å²) in [4.78, 5) is 12.2. The number of aryl methyl sites for hydroxylation is 1. The summed E-state index contributed by atoms with van der Waals surface area (Å²) >= 11 is 0. The number of ether oxygens (including phenoxy) is 1. The third-order valence-electron chi connectivity index (χ3n) is 5.80. The van der Waals surface area contributed by atoms with Crippen molar-refractivity contribution in [2.75, 3.05) is 0 Å². The third kappa shape index (κ3) is 3.50. The van der Waals surface area contributed by atoms with E-state index in [2.05, 4.69) is 29.7 Å². The minimum absolute atomic E-state index is 0.435. The highest BCUT2D eigenvalue weighted by atomic mass is 16.5. The number of carbonyl (C=O) groups is 1. The molecule has 32 heavy (non-hydrogen) atoms. The normalized spacial score (nSPS) is 11.2. The van der Waals surface area contributed by atoms with Crippen molar-refractivity contribution in [2.24, 2.45) is 5.73 Å². The lowest BCUT2D eigenvalue weighted by atomic mass is 10.0. The molecule has 1 amide bonds. The molecule has 1 aromatic heterocycles. The largest absolute Gasteiger partial charge is 0.457 e. The second-order valence-corrected chi connectivity index (χ2v) is 7.79. The molecule has 0 spiro atoms. The summed E-state index contributed by atoms with van der Waals surface area (Å²) in [5, 5.41) is 1.76. The maximum Gasteiger partial charge on any atom is 0.249 e. The van der Waals surface area contributed by atoms with E-state index in [0.717, 1.165) is 45.3 Å². The Morgan fingerprint density at radius 1 is 0.969 bits per heavy atom. The van der Waals surface area contributed by atoms with Crippen LogP contribution in [0.25, 0.3) is 21.8 Å². The number of hydrogen-bond donors (Lipinski definition) is 1. The Kier molecular flexibility index (Phi) is 5.12. The molecule has 0 bridgehead atoms. The van der Waals surface area contributed by atoms with Gasteiger partial charge in [0.05, 0.1) is 17.6 Å². The monoisotopic (exact) mass is 419 g/mol. The molecule has 5 rings (SSSR count). The molecule has 0 unspecified atom stereocenters. The molecule has 0 aliphatic heterocycles. The minimum Gasteiger partial charge on any atom is -0.457 e. The maximum absolute atomic E-state index is 12.2. The Hall–Kier alpha value is -4.05. The van der Waals surface area contributed by atoms with Crippen LogP contribution in [0.3, 0.4) is 0 Å². The number of primary amides is 1. The van der Waals surface area contributed by atoms with Crippen LogP contribution in [0, 0.1) is 6.07 Å². The second kappa shape index (κ2) is 8.23. The molecule has 4 aromatic carbocycles. The molecule has 5 aromatic rings. The first-order valence-electron chi connectivity index (χ1n) is 10.7.